The number of rotatable bonds is 2. The lowest BCUT2D eigenvalue weighted by atomic mass is 10.1. The minimum atomic E-state index is -0.247. The molecule has 0 atom stereocenters. The molecule has 3 aromatic rings. The largest absolute Gasteiger partial charge is 0.382 e. The fourth-order valence-electron chi connectivity index (χ4n) is 2.16. The number of aryl methyl sites for hydroxylation is 2. The first-order valence-electron chi connectivity index (χ1n) is 6.61. The van der Waals surface area contributed by atoms with Crippen molar-refractivity contribution in [1.29, 1.82) is 0 Å². The van der Waals surface area contributed by atoms with Crippen molar-refractivity contribution in [2.75, 3.05) is 5.73 Å². The number of nitrogens with zero attached hydrogens (tertiary/aromatic N) is 3. The van der Waals surface area contributed by atoms with Crippen LogP contribution in [-0.2, 0) is 0 Å². The first-order chi connectivity index (χ1) is 10.1. The van der Waals surface area contributed by atoms with E-state index in [4.69, 9.17) is 5.73 Å². The molecule has 2 N–H and O–H groups in total. The molecule has 0 radical (unpaired) electrons. The Bertz CT molecular complexity index is 791. The monoisotopic (exact) mass is 282 g/mol. The molecule has 1 heterocycles. The van der Waals surface area contributed by atoms with E-state index in [9.17, 15) is 4.39 Å². The molecule has 1 aromatic heterocycles. The Balaban J connectivity index is 2.06. The predicted molar refractivity (Wildman–Crippen MR) is 80.6 cm³/mol. The van der Waals surface area contributed by atoms with Crippen LogP contribution in [0.25, 0.3) is 16.9 Å². The SMILES string of the molecule is Cc1ccc(-n2nnc(-c3ccc(F)c(C)c3)c2N)cc1. The molecule has 0 amide bonds. The summed E-state index contributed by atoms with van der Waals surface area (Å²) in [6.07, 6.45) is 0. The highest BCUT2D eigenvalue weighted by Gasteiger charge is 2.13. The van der Waals surface area contributed by atoms with Gasteiger partial charge in [-0.25, -0.2) is 4.39 Å². The van der Waals surface area contributed by atoms with Gasteiger partial charge in [0.15, 0.2) is 5.82 Å². The molecule has 0 spiro atoms. The van der Waals surface area contributed by atoms with E-state index in [0.29, 0.717) is 17.1 Å². The summed E-state index contributed by atoms with van der Waals surface area (Å²) in [6.45, 7) is 3.72. The van der Waals surface area contributed by atoms with Crippen LogP contribution in [0.15, 0.2) is 42.5 Å². The highest BCUT2D eigenvalue weighted by atomic mass is 19.1. The third kappa shape index (κ3) is 2.38. The van der Waals surface area contributed by atoms with Gasteiger partial charge < -0.3 is 5.73 Å². The number of halogens is 1. The molecule has 106 valence electrons. The van der Waals surface area contributed by atoms with Gasteiger partial charge in [-0.1, -0.05) is 22.9 Å². The lowest BCUT2D eigenvalue weighted by molar-refractivity contribution is 0.619. The van der Waals surface area contributed by atoms with Crippen molar-refractivity contribution in [3.8, 4) is 16.9 Å². The van der Waals surface area contributed by atoms with Gasteiger partial charge in [-0.3, -0.25) is 0 Å². The van der Waals surface area contributed by atoms with Crippen LogP contribution in [0.5, 0.6) is 0 Å². The van der Waals surface area contributed by atoms with E-state index in [2.05, 4.69) is 10.3 Å². The number of nitrogen functional groups attached to an aromatic ring is 1. The molecule has 0 unspecified atom stereocenters. The maximum absolute atomic E-state index is 13.4. The normalized spacial score (nSPS) is 10.8. The lowest BCUT2D eigenvalue weighted by Crippen LogP contribution is -2.02. The van der Waals surface area contributed by atoms with Crippen LogP contribution in [0.3, 0.4) is 0 Å². The summed E-state index contributed by atoms with van der Waals surface area (Å²) in [4.78, 5) is 0. The smallest absolute Gasteiger partial charge is 0.155 e. The molecular weight excluding hydrogens is 267 g/mol. The number of hydrogen-bond acceptors (Lipinski definition) is 3. The van der Waals surface area contributed by atoms with Crippen LogP contribution in [0.2, 0.25) is 0 Å². The summed E-state index contributed by atoms with van der Waals surface area (Å²) >= 11 is 0. The zero-order valence-electron chi connectivity index (χ0n) is 11.8. The fourth-order valence-corrected chi connectivity index (χ4v) is 2.16. The number of hydrogen-bond donors (Lipinski definition) is 1. The standard InChI is InChI=1S/C16H15FN4/c1-10-3-6-13(7-4-10)21-16(18)15(19-20-21)12-5-8-14(17)11(2)9-12/h3-9H,18H2,1-2H3. The van der Waals surface area contributed by atoms with Gasteiger partial charge in [-0.15, -0.1) is 5.10 Å². The van der Waals surface area contributed by atoms with Crippen molar-refractivity contribution in [1.82, 2.24) is 15.0 Å². The number of nitrogens with two attached hydrogens (primary N) is 1. The van der Waals surface area contributed by atoms with Crippen molar-refractivity contribution in [2.24, 2.45) is 0 Å². The topological polar surface area (TPSA) is 56.7 Å². The summed E-state index contributed by atoms with van der Waals surface area (Å²) in [5.41, 5.74) is 10.0. The second-order valence-corrected chi connectivity index (χ2v) is 5.03. The fraction of sp³-hybridized carbons (Fsp3) is 0.125. The predicted octanol–water partition coefficient (Wildman–Crippen LogP) is 3.27. The third-order valence-electron chi connectivity index (χ3n) is 3.41. The van der Waals surface area contributed by atoms with E-state index in [1.807, 2.05) is 31.2 Å². The zero-order chi connectivity index (χ0) is 15.0. The van der Waals surface area contributed by atoms with Crippen molar-refractivity contribution in [3.63, 3.8) is 0 Å². The summed E-state index contributed by atoms with van der Waals surface area (Å²) in [6, 6.07) is 12.6. The molecule has 0 bridgehead atoms. The van der Waals surface area contributed by atoms with Crippen molar-refractivity contribution >= 4 is 5.82 Å². The molecule has 5 heteroatoms. The van der Waals surface area contributed by atoms with Crippen molar-refractivity contribution < 1.29 is 4.39 Å². The van der Waals surface area contributed by atoms with Gasteiger partial charge in [0.1, 0.15) is 11.5 Å². The Kier molecular flexibility index (Phi) is 3.17. The molecule has 21 heavy (non-hydrogen) atoms. The Hall–Kier alpha value is -2.69. The molecular formula is C16H15FN4. The van der Waals surface area contributed by atoms with Crippen LogP contribution in [0.4, 0.5) is 10.2 Å². The molecule has 0 aliphatic rings. The Labute approximate surface area is 122 Å². The van der Waals surface area contributed by atoms with Gasteiger partial charge >= 0.3 is 0 Å². The highest BCUT2D eigenvalue weighted by Crippen LogP contribution is 2.26. The lowest BCUT2D eigenvalue weighted by Gasteiger charge is -2.05. The second-order valence-electron chi connectivity index (χ2n) is 5.03. The second kappa shape index (κ2) is 5.01. The van der Waals surface area contributed by atoms with E-state index in [1.165, 1.54) is 6.07 Å². The average molecular weight is 282 g/mol. The first kappa shape index (κ1) is 13.3. The molecule has 0 fully saturated rings. The highest BCUT2D eigenvalue weighted by molar-refractivity contribution is 5.71. The molecule has 3 rings (SSSR count). The van der Waals surface area contributed by atoms with E-state index in [-0.39, 0.29) is 5.82 Å². The van der Waals surface area contributed by atoms with Gasteiger partial charge in [0.25, 0.3) is 0 Å². The number of anilines is 1. The number of benzene rings is 2. The van der Waals surface area contributed by atoms with Gasteiger partial charge in [-0.2, -0.15) is 4.68 Å². The maximum atomic E-state index is 13.4. The summed E-state index contributed by atoms with van der Waals surface area (Å²) in [5, 5.41) is 8.21. The van der Waals surface area contributed by atoms with Gasteiger partial charge in [0.05, 0.1) is 5.69 Å². The van der Waals surface area contributed by atoms with Crippen LogP contribution in [0, 0.1) is 19.7 Å². The Morgan fingerprint density at radius 2 is 1.76 bits per heavy atom. The summed E-state index contributed by atoms with van der Waals surface area (Å²) in [7, 11) is 0. The van der Waals surface area contributed by atoms with Gasteiger partial charge in [-0.05, 0) is 49.7 Å². The zero-order valence-corrected chi connectivity index (χ0v) is 11.8. The van der Waals surface area contributed by atoms with E-state index in [0.717, 1.165) is 16.8 Å². The minimum Gasteiger partial charge on any atom is -0.382 e. The van der Waals surface area contributed by atoms with Crippen LogP contribution in [0.1, 0.15) is 11.1 Å². The van der Waals surface area contributed by atoms with E-state index >= 15 is 0 Å². The first-order valence-corrected chi connectivity index (χ1v) is 6.61. The quantitative estimate of drug-likeness (QED) is 0.784. The number of aromatic nitrogens is 3. The molecule has 0 aliphatic carbocycles. The van der Waals surface area contributed by atoms with Crippen molar-refractivity contribution in [2.45, 2.75) is 13.8 Å². The minimum absolute atomic E-state index is 0.247. The van der Waals surface area contributed by atoms with Crippen LogP contribution >= 0.6 is 0 Å². The van der Waals surface area contributed by atoms with E-state index in [1.54, 1.807) is 23.7 Å². The van der Waals surface area contributed by atoms with Crippen molar-refractivity contribution in [3.05, 3.63) is 59.4 Å². The van der Waals surface area contributed by atoms with Crippen LogP contribution < -0.4 is 5.73 Å². The molecule has 0 aliphatic heterocycles. The summed E-state index contributed by atoms with van der Waals surface area (Å²) in [5.74, 6) is 0.188. The maximum Gasteiger partial charge on any atom is 0.155 e. The molecule has 2 aromatic carbocycles. The Morgan fingerprint density at radius 1 is 1.05 bits per heavy atom. The van der Waals surface area contributed by atoms with Crippen LogP contribution in [-0.4, -0.2) is 15.0 Å². The van der Waals surface area contributed by atoms with E-state index < -0.39 is 0 Å². The third-order valence-corrected chi connectivity index (χ3v) is 3.41. The summed E-state index contributed by atoms with van der Waals surface area (Å²) < 4.78 is 14.9. The van der Waals surface area contributed by atoms with Gasteiger partial charge in [0.2, 0.25) is 0 Å². The molecule has 0 saturated heterocycles. The molecule has 4 nitrogen and oxygen atoms in total. The van der Waals surface area contributed by atoms with Gasteiger partial charge in [0, 0.05) is 5.56 Å². The molecule has 0 saturated carbocycles. The average Bonchev–Trinajstić information content (AvgIpc) is 2.85. The Morgan fingerprint density at radius 3 is 2.43 bits per heavy atom.